The molecule has 0 unspecified atom stereocenters. The van der Waals surface area contributed by atoms with E-state index in [-0.39, 0.29) is 11.4 Å². The second-order valence-electron chi connectivity index (χ2n) is 13.0. The van der Waals surface area contributed by atoms with Crippen LogP contribution in [-0.4, -0.2) is 134 Å². The van der Waals surface area contributed by atoms with E-state index in [9.17, 15) is 47.9 Å². The number of nitrogens with one attached hydrogen (secondary N) is 4. The van der Waals surface area contributed by atoms with E-state index in [4.69, 9.17) is 47.4 Å². The second-order valence-corrected chi connectivity index (χ2v) is 13.0. The van der Waals surface area contributed by atoms with Gasteiger partial charge < -0.3 is 68.6 Å². The van der Waals surface area contributed by atoms with E-state index in [1.165, 1.54) is 24.3 Å². The lowest BCUT2D eigenvalue weighted by Gasteiger charge is -2.44. The van der Waals surface area contributed by atoms with E-state index in [1.807, 2.05) is 0 Å². The van der Waals surface area contributed by atoms with Crippen molar-refractivity contribution in [2.75, 3.05) is 23.8 Å². The molecule has 0 radical (unpaired) electrons. The third-order valence-electron chi connectivity index (χ3n) is 7.95. The summed E-state index contributed by atoms with van der Waals surface area (Å²) in [4.78, 5) is 123. The first-order chi connectivity index (χ1) is 28.1. The monoisotopic (exact) mass is 854 g/mol. The Morgan fingerprint density at radius 1 is 0.433 bits per heavy atom. The van der Waals surface area contributed by atoms with Gasteiger partial charge in [0.05, 0.1) is 11.4 Å². The molecule has 3 rings (SSSR count). The minimum Gasteiger partial charge on any atom is -0.463 e. The minimum absolute atomic E-state index is 0.0580. The number of hydrogen-bond acceptors (Lipinski definition) is 20. The van der Waals surface area contributed by atoms with Gasteiger partial charge in [-0.25, -0.2) is 9.59 Å². The van der Waals surface area contributed by atoms with Crippen molar-refractivity contribution in [3.63, 3.8) is 0 Å². The van der Waals surface area contributed by atoms with Crippen LogP contribution >= 0.6 is 0 Å². The van der Waals surface area contributed by atoms with E-state index in [0.29, 0.717) is 0 Å². The standard InChI is InChI=1S/C36H46N4O20/c1-15(41)51-13-25-27(53-17(3)43)29(55-19(5)45)31(57-21(7)47)33(59-25)39-35(49)37-23-11-9-10-12-24(23)38-36(50)40-34-32(58-22(8)48)30(56-20(6)46)28(54-18(4)44)26(60-34)14-52-16(2)42/h9-12,25-34H,13-14H2,1-8H3,(H2,37,39,49)(H2,38,40,50)/t25-,26-,27-,28-,29+,30+,31-,32-,33-,34-/m1/s1. The molecule has 10 atom stereocenters. The molecule has 1 aromatic carbocycles. The molecule has 24 nitrogen and oxygen atoms in total. The average Bonchev–Trinajstić information content (AvgIpc) is 3.11. The van der Waals surface area contributed by atoms with Gasteiger partial charge in [0.1, 0.15) is 25.4 Å². The van der Waals surface area contributed by atoms with Crippen molar-refractivity contribution in [3.8, 4) is 0 Å². The Hall–Kier alpha value is -6.56. The number of anilines is 2. The SMILES string of the molecule is CC(=O)OC[C@H]1O[C@@H](NC(=O)Nc2ccccc2NC(=O)N[C@@H]2O[C@H](COC(C)=O)[C@@H](OC(C)=O)[C@H](OC(C)=O)[C@H]2OC(C)=O)[C@H](OC(C)=O)[C@@H](OC(C)=O)[C@@H]1OC(C)=O. The number of rotatable bonds is 14. The summed E-state index contributed by atoms with van der Waals surface area (Å²) in [7, 11) is 0. The van der Waals surface area contributed by atoms with Gasteiger partial charge in [0, 0.05) is 55.4 Å². The van der Waals surface area contributed by atoms with Gasteiger partial charge in [-0.15, -0.1) is 0 Å². The van der Waals surface area contributed by atoms with Crippen LogP contribution in [-0.2, 0) is 85.7 Å². The number of carbonyl (C=O) groups is 10. The molecule has 2 aliphatic rings. The van der Waals surface area contributed by atoms with Crippen molar-refractivity contribution in [3.05, 3.63) is 24.3 Å². The summed E-state index contributed by atoms with van der Waals surface area (Å²) in [5.74, 6) is -6.84. The van der Waals surface area contributed by atoms with Crippen LogP contribution in [0.25, 0.3) is 0 Å². The second kappa shape index (κ2) is 22.0. The highest BCUT2D eigenvalue weighted by molar-refractivity contribution is 5.98. The molecule has 0 spiro atoms. The molecule has 4 N–H and O–H groups in total. The van der Waals surface area contributed by atoms with Crippen LogP contribution < -0.4 is 21.3 Å². The lowest BCUT2D eigenvalue weighted by atomic mass is 9.97. The van der Waals surface area contributed by atoms with Gasteiger partial charge in [0.2, 0.25) is 0 Å². The smallest absolute Gasteiger partial charge is 0.321 e. The molecule has 0 aromatic heterocycles. The van der Waals surface area contributed by atoms with Crippen LogP contribution in [0.2, 0.25) is 0 Å². The predicted molar refractivity (Wildman–Crippen MR) is 195 cm³/mol. The quantitative estimate of drug-likeness (QED) is 0.142. The molecule has 2 heterocycles. The molecule has 0 saturated carbocycles. The Morgan fingerprint density at radius 3 is 1.00 bits per heavy atom. The van der Waals surface area contributed by atoms with Crippen LogP contribution in [0.15, 0.2) is 24.3 Å². The zero-order chi connectivity index (χ0) is 44.8. The zero-order valence-electron chi connectivity index (χ0n) is 33.7. The molecule has 24 heteroatoms. The summed E-state index contributed by atoms with van der Waals surface area (Å²) in [6.07, 6.45) is -15.4. The molecule has 2 aliphatic heterocycles. The summed E-state index contributed by atoms with van der Waals surface area (Å²) in [5, 5.41) is 9.80. The molecule has 0 aliphatic carbocycles. The van der Waals surface area contributed by atoms with E-state index in [0.717, 1.165) is 55.4 Å². The van der Waals surface area contributed by atoms with Crippen molar-refractivity contribution in [2.45, 2.75) is 117 Å². The first kappa shape index (κ1) is 47.8. The number of esters is 8. The molecular weight excluding hydrogens is 808 g/mol. The van der Waals surface area contributed by atoms with E-state index < -0.39 is 134 Å². The maximum absolute atomic E-state index is 13.5. The van der Waals surface area contributed by atoms with Gasteiger partial charge in [-0.3, -0.25) is 38.4 Å². The average molecular weight is 855 g/mol. The molecule has 0 bridgehead atoms. The highest BCUT2D eigenvalue weighted by atomic mass is 16.7. The van der Waals surface area contributed by atoms with Crippen LogP contribution in [0.4, 0.5) is 21.0 Å². The fourth-order valence-corrected chi connectivity index (χ4v) is 5.97. The topological polar surface area (TPSA) is 311 Å². The minimum atomic E-state index is -1.64. The molecule has 2 saturated heterocycles. The highest BCUT2D eigenvalue weighted by Crippen LogP contribution is 2.31. The van der Waals surface area contributed by atoms with Crippen LogP contribution in [0, 0.1) is 0 Å². The summed E-state index contributed by atoms with van der Waals surface area (Å²) in [6, 6.07) is 3.57. The van der Waals surface area contributed by atoms with Crippen molar-refractivity contribution >= 4 is 71.2 Å². The molecule has 1 aromatic rings. The number of hydrogen-bond donors (Lipinski definition) is 4. The molecular formula is C36H46N4O20. The number of benzene rings is 1. The van der Waals surface area contributed by atoms with Crippen LogP contribution in [0.3, 0.4) is 0 Å². The van der Waals surface area contributed by atoms with E-state index in [2.05, 4.69) is 21.3 Å². The summed E-state index contributed by atoms with van der Waals surface area (Å²) in [6.45, 7) is 7.24. The van der Waals surface area contributed by atoms with Crippen molar-refractivity contribution in [2.24, 2.45) is 0 Å². The molecule has 330 valence electrons. The summed E-state index contributed by atoms with van der Waals surface area (Å²) >= 11 is 0. The van der Waals surface area contributed by atoms with Gasteiger partial charge in [-0.1, -0.05) is 12.1 Å². The number of amides is 4. The fourth-order valence-electron chi connectivity index (χ4n) is 5.97. The number of para-hydroxylation sites is 2. The zero-order valence-corrected chi connectivity index (χ0v) is 33.7. The van der Waals surface area contributed by atoms with Gasteiger partial charge >= 0.3 is 59.8 Å². The maximum atomic E-state index is 13.5. The third-order valence-corrected chi connectivity index (χ3v) is 7.95. The van der Waals surface area contributed by atoms with Gasteiger partial charge in [0.15, 0.2) is 49.1 Å². The van der Waals surface area contributed by atoms with Gasteiger partial charge in [-0.05, 0) is 12.1 Å². The van der Waals surface area contributed by atoms with Gasteiger partial charge in [-0.2, -0.15) is 0 Å². The first-order valence-electron chi connectivity index (χ1n) is 18.0. The van der Waals surface area contributed by atoms with Crippen molar-refractivity contribution < 1.29 is 95.3 Å². The summed E-state index contributed by atoms with van der Waals surface area (Å²) in [5.41, 5.74) is -0.116. The molecule has 2 fully saturated rings. The normalized spacial score (nSPS) is 25.7. The third kappa shape index (κ3) is 14.7. The Kier molecular flexibility index (Phi) is 17.5. The largest absolute Gasteiger partial charge is 0.463 e. The van der Waals surface area contributed by atoms with Crippen molar-refractivity contribution in [1.29, 1.82) is 0 Å². The lowest BCUT2D eigenvalue weighted by Crippen LogP contribution is -2.66. The first-order valence-corrected chi connectivity index (χ1v) is 18.0. The predicted octanol–water partition coefficient (Wildman–Crippen LogP) is 0.0958. The van der Waals surface area contributed by atoms with Crippen LogP contribution in [0.5, 0.6) is 0 Å². The van der Waals surface area contributed by atoms with Crippen molar-refractivity contribution in [1.82, 2.24) is 10.6 Å². The van der Waals surface area contributed by atoms with E-state index in [1.54, 1.807) is 0 Å². The number of ether oxygens (including phenoxy) is 10. The Bertz CT molecular complexity index is 1680. The Balaban J connectivity index is 1.90. The highest BCUT2D eigenvalue weighted by Gasteiger charge is 2.54. The lowest BCUT2D eigenvalue weighted by molar-refractivity contribution is -0.255. The Labute approximate surface area is 341 Å². The van der Waals surface area contributed by atoms with E-state index >= 15 is 0 Å². The number of urea groups is 2. The fraction of sp³-hybridized carbons (Fsp3) is 0.556. The Morgan fingerprint density at radius 2 is 0.717 bits per heavy atom. The molecule has 60 heavy (non-hydrogen) atoms. The van der Waals surface area contributed by atoms with Crippen LogP contribution in [0.1, 0.15) is 55.4 Å². The van der Waals surface area contributed by atoms with Gasteiger partial charge in [0.25, 0.3) is 0 Å². The molecule has 4 amide bonds. The maximum Gasteiger partial charge on any atom is 0.321 e. The summed E-state index contributed by atoms with van der Waals surface area (Å²) < 4.78 is 54.0. The number of carbonyl (C=O) groups excluding carboxylic acids is 10.